The summed E-state index contributed by atoms with van der Waals surface area (Å²) in [6.07, 6.45) is 10.9. The SMILES string of the molecule is Clc1ccnc2[nH]c(-c3cccc(OCCCc4ccccc4)c3)cc12.Fc1ccccc1Nc1ccnc2[nH]c(-c3cccc(OCCCc4ccccc4)c3)cc12.On1cccc2cc(-c3cccc(OCCCc4ccccc4)c3)nc1-2. The first-order valence-corrected chi connectivity index (χ1v) is 28.8. The quantitative estimate of drug-likeness (QED) is 0.0438. The maximum Gasteiger partial charge on any atom is 0.175 e. The lowest BCUT2D eigenvalue weighted by Gasteiger charge is -2.08. The highest BCUT2D eigenvalue weighted by Gasteiger charge is 2.15. The van der Waals surface area contributed by atoms with Gasteiger partial charge in [-0.2, -0.15) is 4.73 Å². The van der Waals surface area contributed by atoms with E-state index in [-0.39, 0.29) is 5.82 Å². The first-order valence-electron chi connectivity index (χ1n) is 28.5. The predicted octanol–water partition coefficient (Wildman–Crippen LogP) is 17.9. The van der Waals surface area contributed by atoms with Crippen molar-refractivity contribution in [3.05, 3.63) is 277 Å². The summed E-state index contributed by atoms with van der Waals surface area (Å²) in [7, 11) is 0. The Morgan fingerprint density at radius 2 is 0.929 bits per heavy atom. The van der Waals surface area contributed by atoms with Crippen molar-refractivity contribution in [2.75, 3.05) is 25.1 Å². The summed E-state index contributed by atoms with van der Waals surface area (Å²) >= 11 is 6.24. The minimum Gasteiger partial charge on any atom is -0.494 e. The zero-order valence-electron chi connectivity index (χ0n) is 46.8. The van der Waals surface area contributed by atoms with Gasteiger partial charge >= 0.3 is 0 Å². The monoisotopic (exact) mass is 1140 g/mol. The summed E-state index contributed by atoms with van der Waals surface area (Å²) in [6, 6.07) is 75.4. The van der Waals surface area contributed by atoms with Crippen molar-refractivity contribution >= 4 is 45.0 Å². The molecule has 2 aliphatic rings. The van der Waals surface area contributed by atoms with Gasteiger partial charge in [-0.1, -0.05) is 151 Å². The van der Waals surface area contributed by atoms with Crippen LogP contribution in [0.4, 0.5) is 15.8 Å². The van der Waals surface area contributed by atoms with E-state index in [0.29, 0.717) is 36.4 Å². The van der Waals surface area contributed by atoms with Gasteiger partial charge in [0.2, 0.25) is 0 Å². The number of halogens is 2. The lowest BCUT2D eigenvalue weighted by atomic mass is 10.1. The van der Waals surface area contributed by atoms with Crippen LogP contribution in [0.2, 0.25) is 5.02 Å². The van der Waals surface area contributed by atoms with E-state index < -0.39 is 0 Å². The standard InChI is InChI=1S/C28H24FN3O.C22H19ClN2O.C22H20N2O2/c29-24-13-4-5-14-26(24)31-25-15-16-30-28-23(25)19-27(32-28)21-11-6-12-22(18-21)33-17-7-10-20-8-2-1-3-9-20;23-20-11-12-24-22-19(20)15-21(25-22)17-9-4-10-18(14-17)26-13-5-8-16-6-2-1-3-7-16;25-24-13-5-11-19-16-21(23-22(19)24)18-10-4-12-20(15-18)26-14-6-9-17-7-2-1-3-8-17/h1-6,8-9,11-16,18-19H,7,10,17H2,(H2,30,31,32);1-4,6-7,9-12,14-15H,5,8,13H2,(H,24,25);1-5,7-8,10-13,15-16,25H,6,9,14H2. The van der Waals surface area contributed by atoms with E-state index >= 15 is 0 Å². The number of benzene rings is 7. The smallest absolute Gasteiger partial charge is 0.175 e. The number of anilines is 2. The van der Waals surface area contributed by atoms with Crippen LogP contribution in [0, 0.1) is 5.82 Å². The number of pyridine rings is 3. The molecule has 0 unspecified atom stereocenters. The maximum atomic E-state index is 14.1. The van der Waals surface area contributed by atoms with E-state index in [1.54, 1.807) is 48.9 Å². The molecule has 4 N–H and O–H groups in total. The Hall–Kier alpha value is -10.2. The number of aromatic amines is 2. The fourth-order valence-corrected chi connectivity index (χ4v) is 10.1. The number of H-pyrrole nitrogens is 2. The molecule has 0 radical (unpaired) electrons. The minimum atomic E-state index is -0.296. The van der Waals surface area contributed by atoms with Gasteiger partial charge in [0.1, 0.15) is 34.4 Å². The number of para-hydroxylation sites is 1. The molecule has 11 aromatic rings. The van der Waals surface area contributed by atoms with Crippen LogP contribution in [0.3, 0.4) is 0 Å². The molecule has 0 fully saturated rings. The number of aromatic nitrogens is 6. The third-order valence-electron chi connectivity index (χ3n) is 14.2. The lowest BCUT2D eigenvalue weighted by Crippen LogP contribution is -1.99. The Bertz CT molecular complexity index is 4100. The Morgan fingerprint density at radius 3 is 1.46 bits per heavy atom. The zero-order valence-corrected chi connectivity index (χ0v) is 47.5. The molecule has 0 saturated carbocycles. The average Bonchev–Trinajstić information content (AvgIpc) is 4.52. The Morgan fingerprint density at radius 1 is 0.459 bits per heavy atom. The second kappa shape index (κ2) is 28.2. The molecule has 0 bridgehead atoms. The second-order valence-electron chi connectivity index (χ2n) is 20.3. The van der Waals surface area contributed by atoms with Crippen molar-refractivity contribution < 1.29 is 23.8 Å². The van der Waals surface area contributed by atoms with Gasteiger partial charge in [0.15, 0.2) is 5.82 Å². The normalized spacial score (nSPS) is 10.9. The number of ether oxygens (including phenoxy) is 3. The van der Waals surface area contributed by atoms with E-state index in [1.807, 2.05) is 115 Å². The van der Waals surface area contributed by atoms with Gasteiger partial charge in [0.25, 0.3) is 0 Å². The third-order valence-corrected chi connectivity index (χ3v) is 14.6. The fraction of sp³-hybridized carbons (Fsp3) is 0.125. The van der Waals surface area contributed by atoms with Gasteiger partial charge in [-0.15, -0.1) is 0 Å². The Labute approximate surface area is 498 Å². The summed E-state index contributed by atoms with van der Waals surface area (Å²) in [6.45, 7) is 2.02. The lowest BCUT2D eigenvalue weighted by molar-refractivity contribution is 0.187. The van der Waals surface area contributed by atoms with Gasteiger partial charge in [0, 0.05) is 63.0 Å². The molecule has 6 heterocycles. The van der Waals surface area contributed by atoms with Gasteiger partial charge in [0.05, 0.1) is 41.9 Å². The number of nitrogens with zero attached hydrogens (tertiary/aromatic N) is 4. The van der Waals surface area contributed by atoms with Crippen molar-refractivity contribution in [3.63, 3.8) is 0 Å². The van der Waals surface area contributed by atoms with Gasteiger partial charge in [-0.25, -0.2) is 19.3 Å². The van der Waals surface area contributed by atoms with Crippen LogP contribution < -0.4 is 19.5 Å². The average molecular weight is 1140 g/mol. The second-order valence-corrected chi connectivity index (χ2v) is 20.7. The largest absolute Gasteiger partial charge is 0.494 e. The fourth-order valence-electron chi connectivity index (χ4n) is 9.91. The van der Waals surface area contributed by atoms with E-state index in [2.05, 4.69) is 109 Å². The number of hydrogen-bond acceptors (Lipinski definition) is 8. The maximum absolute atomic E-state index is 14.1. The highest BCUT2D eigenvalue weighted by Crippen LogP contribution is 2.34. The number of hydrogen-bond donors (Lipinski definition) is 4. The van der Waals surface area contributed by atoms with E-state index in [0.717, 1.165) is 128 Å². The summed E-state index contributed by atoms with van der Waals surface area (Å²) in [5, 5.41) is 15.6. The van der Waals surface area contributed by atoms with Gasteiger partial charge < -0.3 is 34.7 Å². The Kier molecular flexibility index (Phi) is 18.8. The van der Waals surface area contributed by atoms with Crippen molar-refractivity contribution in [2.45, 2.75) is 38.5 Å². The minimum absolute atomic E-state index is 0.296. The molecule has 7 aromatic carbocycles. The molecular weight excluding hydrogens is 1080 g/mol. The van der Waals surface area contributed by atoms with Crippen LogP contribution in [0.5, 0.6) is 17.2 Å². The number of aryl methyl sites for hydroxylation is 3. The van der Waals surface area contributed by atoms with Crippen molar-refractivity contribution in [3.8, 4) is 62.4 Å². The van der Waals surface area contributed by atoms with Crippen LogP contribution in [0.1, 0.15) is 36.0 Å². The summed E-state index contributed by atoms with van der Waals surface area (Å²) in [5.41, 5.74) is 13.4. The van der Waals surface area contributed by atoms with Crippen molar-refractivity contribution in [2.24, 2.45) is 0 Å². The topological polar surface area (TPSA) is 135 Å². The van der Waals surface area contributed by atoms with Gasteiger partial charge in [-0.3, -0.25) is 0 Å². The van der Waals surface area contributed by atoms with E-state index in [4.69, 9.17) is 25.8 Å². The predicted molar refractivity (Wildman–Crippen MR) is 340 cm³/mol. The van der Waals surface area contributed by atoms with Crippen molar-refractivity contribution in [1.29, 1.82) is 0 Å². The van der Waals surface area contributed by atoms with E-state index in [9.17, 15) is 9.60 Å². The molecule has 11 nitrogen and oxygen atoms in total. The van der Waals surface area contributed by atoms with Crippen LogP contribution in [0.15, 0.2) is 249 Å². The van der Waals surface area contributed by atoms with Crippen LogP contribution >= 0.6 is 11.6 Å². The molecule has 0 spiro atoms. The molecule has 13 heteroatoms. The van der Waals surface area contributed by atoms with Crippen molar-refractivity contribution in [1.82, 2.24) is 29.7 Å². The summed E-state index contributed by atoms with van der Waals surface area (Å²) < 4.78 is 33.0. The van der Waals surface area contributed by atoms with Crippen LogP contribution in [-0.2, 0) is 19.3 Å². The molecule has 424 valence electrons. The highest BCUT2D eigenvalue weighted by molar-refractivity contribution is 6.35. The molecule has 85 heavy (non-hydrogen) atoms. The molecule has 0 aliphatic carbocycles. The van der Waals surface area contributed by atoms with Crippen LogP contribution in [-0.4, -0.2) is 54.7 Å². The molecule has 0 amide bonds. The summed E-state index contributed by atoms with van der Waals surface area (Å²) in [5.74, 6) is 2.79. The third kappa shape index (κ3) is 15.3. The number of nitrogens with one attached hydrogen (secondary N) is 3. The molecule has 0 saturated heterocycles. The first kappa shape index (κ1) is 56.7. The van der Waals surface area contributed by atoms with E-state index in [1.165, 1.54) is 22.8 Å². The molecule has 0 atom stereocenters. The number of rotatable bonds is 20. The molecular formula is C72H63ClFN7O4. The van der Waals surface area contributed by atoms with Crippen LogP contribution in [0.25, 0.3) is 67.2 Å². The first-order chi connectivity index (χ1) is 41.8. The zero-order chi connectivity index (χ0) is 58.0. The number of fused-ring (bicyclic) bond motifs is 3. The highest BCUT2D eigenvalue weighted by atomic mass is 35.5. The molecule has 13 rings (SSSR count). The summed E-state index contributed by atoms with van der Waals surface area (Å²) in [4.78, 5) is 20.0. The van der Waals surface area contributed by atoms with Gasteiger partial charge in [-0.05, 0) is 146 Å². The molecule has 4 aromatic heterocycles. The molecule has 2 aliphatic heterocycles. The Balaban J connectivity index is 0.000000134.